The highest BCUT2D eigenvalue weighted by Gasteiger charge is 2.30. The van der Waals surface area contributed by atoms with E-state index in [1.165, 1.54) is 38.8 Å². The maximum Gasteiger partial charge on any atom is 0.235 e. The molecule has 2 rings (SSSR count). The molecule has 1 aliphatic carbocycles. The Morgan fingerprint density at radius 2 is 2.00 bits per heavy atom. The molecule has 1 saturated carbocycles. The molecule has 3 N–H and O–H groups in total. The summed E-state index contributed by atoms with van der Waals surface area (Å²) in [6, 6.07) is 0.917. The van der Waals surface area contributed by atoms with Gasteiger partial charge in [0.1, 0.15) is 0 Å². The second kappa shape index (κ2) is 6.68. The fourth-order valence-corrected chi connectivity index (χ4v) is 2.87. The third-order valence-electron chi connectivity index (χ3n) is 4.46. The van der Waals surface area contributed by atoms with Crippen LogP contribution in [0.25, 0.3) is 0 Å². The van der Waals surface area contributed by atoms with E-state index in [9.17, 15) is 4.79 Å². The van der Waals surface area contributed by atoms with Gasteiger partial charge in [0.25, 0.3) is 0 Å². The molecule has 110 valence electrons. The van der Waals surface area contributed by atoms with E-state index in [4.69, 9.17) is 5.73 Å². The predicted octanol–water partition coefficient (Wildman–Crippen LogP) is 0.00840. The minimum Gasteiger partial charge on any atom is -0.368 e. The molecule has 0 aromatic heterocycles. The Kier molecular flexibility index (Phi) is 5.19. The van der Waals surface area contributed by atoms with Crippen molar-refractivity contribution in [2.75, 3.05) is 33.2 Å². The van der Waals surface area contributed by atoms with Gasteiger partial charge in [-0.25, -0.2) is 0 Å². The second-order valence-corrected chi connectivity index (χ2v) is 6.00. The Bertz CT molecular complexity index is 298. The number of nitrogens with two attached hydrogens (primary N) is 1. The molecule has 0 aromatic rings. The van der Waals surface area contributed by atoms with Crippen LogP contribution in [0.4, 0.5) is 0 Å². The summed E-state index contributed by atoms with van der Waals surface area (Å²) >= 11 is 0. The van der Waals surface area contributed by atoms with E-state index in [-0.39, 0.29) is 11.9 Å². The fraction of sp³-hybridized carbons (Fsp3) is 0.929. The molecule has 1 saturated heterocycles. The van der Waals surface area contributed by atoms with Crippen molar-refractivity contribution in [1.82, 2.24) is 15.1 Å². The maximum atomic E-state index is 11.5. The summed E-state index contributed by atoms with van der Waals surface area (Å²) in [4.78, 5) is 16.3. The topological polar surface area (TPSA) is 61.6 Å². The van der Waals surface area contributed by atoms with Crippen molar-refractivity contribution < 1.29 is 4.79 Å². The van der Waals surface area contributed by atoms with E-state index in [2.05, 4.69) is 29.1 Å². The lowest BCUT2D eigenvalue weighted by molar-refractivity contribution is -0.120. The van der Waals surface area contributed by atoms with Crippen LogP contribution in [0.2, 0.25) is 0 Å². The lowest BCUT2D eigenvalue weighted by atomic mass is 10.0. The first kappa shape index (κ1) is 14.8. The molecule has 19 heavy (non-hydrogen) atoms. The third kappa shape index (κ3) is 4.44. The number of primary amides is 1. The third-order valence-corrected chi connectivity index (χ3v) is 4.46. The van der Waals surface area contributed by atoms with E-state index in [1.807, 2.05) is 0 Å². The van der Waals surface area contributed by atoms with Crippen molar-refractivity contribution in [2.24, 2.45) is 5.73 Å². The standard InChI is InChI=1S/C14H28N4O/c1-3-18-8-6-12(7-9-18)17(2)10-13(14(15)19)16-11-4-5-11/h11-13,16H,3-10H2,1-2H3,(H2,15,19). The molecule has 0 bridgehead atoms. The molecule has 5 heteroatoms. The van der Waals surface area contributed by atoms with Gasteiger partial charge in [0.2, 0.25) is 5.91 Å². The highest BCUT2D eigenvalue weighted by molar-refractivity contribution is 5.80. The van der Waals surface area contributed by atoms with Gasteiger partial charge in [-0.15, -0.1) is 0 Å². The van der Waals surface area contributed by atoms with Gasteiger partial charge in [-0.3, -0.25) is 4.79 Å². The number of piperidine rings is 1. The van der Waals surface area contributed by atoms with Crippen LogP contribution in [0.15, 0.2) is 0 Å². The zero-order valence-corrected chi connectivity index (χ0v) is 12.3. The fourth-order valence-electron chi connectivity index (χ4n) is 2.87. The summed E-state index contributed by atoms with van der Waals surface area (Å²) in [7, 11) is 2.12. The Hall–Kier alpha value is -0.650. The van der Waals surface area contributed by atoms with Gasteiger partial charge >= 0.3 is 0 Å². The Balaban J connectivity index is 1.78. The van der Waals surface area contributed by atoms with Crippen LogP contribution in [0.1, 0.15) is 32.6 Å². The molecule has 5 nitrogen and oxygen atoms in total. The van der Waals surface area contributed by atoms with Gasteiger partial charge in [-0.1, -0.05) is 6.92 Å². The average Bonchev–Trinajstić information content (AvgIpc) is 3.22. The molecular weight excluding hydrogens is 240 g/mol. The van der Waals surface area contributed by atoms with Crippen LogP contribution in [0.3, 0.4) is 0 Å². The quantitative estimate of drug-likeness (QED) is 0.683. The van der Waals surface area contributed by atoms with Crippen LogP contribution in [-0.4, -0.2) is 67.1 Å². The number of nitrogens with one attached hydrogen (secondary N) is 1. The lowest BCUT2D eigenvalue weighted by Crippen LogP contribution is -2.52. The number of likely N-dealkylation sites (N-methyl/N-ethyl adjacent to an activating group) is 1. The van der Waals surface area contributed by atoms with Crippen LogP contribution in [0, 0.1) is 0 Å². The number of amides is 1. The van der Waals surface area contributed by atoms with Crippen molar-refractivity contribution in [3.05, 3.63) is 0 Å². The number of likely N-dealkylation sites (tertiary alicyclic amines) is 1. The molecule has 2 aliphatic rings. The van der Waals surface area contributed by atoms with E-state index >= 15 is 0 Å². The highest BCUT2D eigenvalue weighted by atomic mass is 16.1. The Morgan fingerprint density at radius 3 is 2.47 bits per heavy atom. The van der Waals surface area contributed by atoms with Gasteiger partial charge in [-0.2, -0.15) is 0 Å². The van der Waals surface area contributed by atoms with Crippen LogP contribution in [-0.2, 0) is 4.79 Å². The van der Waals surface area contributed by atoms with Crippen LogP contribution in [0.5, 0.6) is 0 Å². The maximum absolute atomic E-state index is 11.5. The zero-order chi connectivity index (χ0) is 13.8. The molecule has 1 aliphatic heterocycles. The monoisotopic (exact) mass is 268 g/mol. The van der Waals surface area contributed by atoms with Gasteiger partial charge in [0.15, 0.2) is 0 Å². The summed E-state index contributed by atoms with van der Waals surface area (Å²) in [6.45, 7) is 6.44. The second-order valence-electron chi connectivity index (χ2n) is 6.00. The lowest BCUT2D eigenvalue weighted by Gasteiger charge is -2.37. The van der Waals surface area contributed by atoms with E-state index in [0.717, 1.165) is 13.1 Å². The Labute approximate surface area is 116 Å². The molecule has 1 heterocycles. The summed E-state index contributed by atoms with van der Waals surface area (Å²) in [5.41, 5.74) is 5.50. The largest absolute Gasteiger partial charge is 0.368 e. The number of nitrogens with zero attached hydrogens (tertiary/aromatic N) is 2. The van der Waals surface area contributed by atoms with Crippen LogP contribution >= 0.6 is 0 Å². The smallest absolute Gasteiger partial charge is 0.235 e. The number of hydrogen-bond donors (Lipinski definition) is 2. The SMILES string of the molecule is CCN1CCC(N(C)CC(NC2CC2)C(N)=O)CC1. The van der Waals surface area contributed by atoms with Gasteiger partial charge < -0.3 is 20.9 Å². The van der Waals surface area contributed by atoms with Gasteiger partial charge in [0, 0.05) is 18.6 Å². The molecule has 1 unspecified atom stereocenters. The number of hydrogen-bond acceptors (Lipinski definition) is 4. The van der Waals surface area contributed by atoms with E-state index in [1.54, 1.807) is 0 Å². The molecule has 0 spiro atoms. The zero-order valence-electron chi connectivity index (χ0n) is 12.3. The molecule has 2 fully saturated rings. The number of rotatable bonds is 7. The number of carbonyl (C=O) groups excluding carboxylic acids is 1. The molecule has 0 radical (unpaired) electrons. The first-order valence-electron chi connectivity index (χ1n) is 7.58. The molecule has 1 atom stereocenters. The highest BCUT2D eigenvalue weighted by Crippen LogP contribution is 2.20. The minimum atomic E-state index is -0.218. The number of carbonyl (C=O) groups is 1. The van der Waals surface area contributed by atoms with Crippen molar-refractivity contribution >= 4 is 5.91 Å². The van der Waals surface area contributed by atoms with Crippen molar-refractivity contribution in [3.8, 4) is 0 Å². The normalized spacial score (nSPS) is 23.7. The van der Waals surface area contributed by atoms with Crippen molar-refractivity contribution in [1.29, 1.82) is 0 Å². The van der Waals surface area contributed by atoms with Crippen molar-refractivity contribution in [2.45, 2.75) is 50.7 Å². The predicted molar refractivity (Wildman–Crippen MR) is 76.9 cm³/mol. The Morgan fingerprint density at radius 1 is 1.37 bits per heavy atom. The molecule has 1 amide bonds. The average molecular weight is 268 g/mol. The summed E-state index contributed by atoms with van der Waals surface area (Å²) in [5, 5.41) is 3.35. The minimum absolute atomic E-state index is 0.193. The van der Waals surface area contributed by atoms with E-state index in [0.29, 0.717) is 12.1 Å². The van der Waals surface area contributed by atoms with Crippen LogP contribution < -0.4 is 11.1 Å². The first-order chi connectivity index (χ1) is 9.10. The van der Waals surface area contributed by atoms with Gasteiger partial charge in [0.05, 0.1) is 6.04 Å². The van der Waals surface area contributed by atoms with E-state index < -0.39 is 0 Å². The van der Waals surface area contributed by atoms with Crippen molar-refractivity contribution in [3.63, 3.8) is 0 Å². The summed E-state index contributed by atoms with van der Waals surface area (Å²) in [6.07, 6.45) is 4.75. The molecule has 0 aromatic carbocycles. The molecular formula is C14H28N4O. The van der Waals surface area contributed by atoms with Gasteiger partial charge in [-0.05, 0) is 52.4 Å². The first-order valence-corrected chi connectivity index (χ1v) is 7.58. The summed E-state index contributed by atoms with van der Waals surface area (Å²) < 4.78 is 0. The summed E-state index contributed by atoms with van der Waals surface area (Å²) in [5.74, 6) is -0.218.